The predicted octanol–water partition coefficient (Wildman–Crippen LogP) is 5.78. The largest absolute Gasteiger partial charge is 1.00 e. The van der Waals surface area contributed by atoms with Crippen LogP contribution >= 0.6 is 0 Å². The van der Waals surface area contributed by atoms with Crippen LogP contribution in [0, 0.1) is 6.92 Å². The Morgan fingerprint density at radius 1 is 0.676 bits per heavy atom. The molecule has 0 heterocycles. The molecule has 5 nitrogen and oxygen atoms in total. The van der Waals surface area contributed by atoms with Crippen molar-refractivity contribution < 1.29 is 52.2 Å². The van der Waals surface area contributed by atoms with Crippen LogP contribution in [0.4, 0.5) is 0 Å². The van der Waals surface area contributed by atoms with E-state index in [0.29, 0.717) is 5.75 Å². The van der Waals surface area contributed by atoms with Crippen LogP contribution in [0.25, 0.3) is 0 Å². The standard InChI is InChI=1S/C15H24O.C12H25.Na.H2O4S/c1-2-3-4-5-6-7-8-11-14-12-9-10-13-15(14)16;1-3-5-7-9-11-12-10-8-6-4-2;;1-5(2,3)4/h9-10,12-13,16H,2-8,11H2,1H3;1,3-12H2,2H3;;(H2,1,2,3,4)/q;-1;+1;. The number of benzene rings is 1. The minimum absolute atomic E-state index is 0. The van der Waals surface area contributed by atoms with Crippen LogP contribution < -0.4 is 29.6 Å². The molecule has 0 aromatic heterocycles. The molecule has 0 radical (unpaired) electrons. The normalized spacial score (nSPS) is 10.4. The summed E-state index contributed by atoms with van der Waals surface area (Å²) in [5, 5.41) is 9.58. The van der Waals surface area contributed by atoms with Gasteiger partial charge >= 0.3 is 40.0 Å². The van der Waals surface area contributed by atoms with Gasteiger partial charge in [0, 0.05) is 0 Å². The van der Waals surface area contributed by atoms with E-state index >= 15 is 0 Å². The molecule has 0 unspecified atom stereocenters. The van der Waals surface area contributed by atoms with Crippen LogP contribution in [0.1, 0.15) is 129 Å². The van der Waals surface area contributed by atoms with Crippen LogP contribution in [0.15, 0.2) is 24.3 Å². The van der Waals surface area contributed by atoms with Gasteiger partial charge in [-0.15, -0.1) is 0 Å². The van der Waals surface area contributed by atoms with Gasteiger partial charge in [0.2, 0.25) is 0 Å². The van der Waals surface area contributed by atoms with Crippen molar-refractivity contribution in [2.45, 2.75) is 129 Å². The molecule has 1 aromatic rings. The first-order chi connectivity index (χ1) is 15.8. The van der Waals surface area contributed by atoms with E-state index in [4.69, 9.17) is 17.5 Å². The average Bonchev–Trinajstić information content (AvgIpc) is 2.75. The third-order valence-corrected chi connectivity index (χ3v) is 5.39. The minimum Gasteiger partial charge on any atom is -0.508 e. The molecule has 196 valence electrons. The molecule has 3 N–H and O–H groups in total. The van der Waals surface area contributed by atoms with Gasteiger partial charge in [-0.1, -0.05) is 128 Å². The number of phenolic OH excluding ortho intramolecular Hbond substituents is 1. The summed E-state index contributed by atoms with van der Waals surface area (Å²) in [7, 11) is -4.67. The van der Waals surface area contributed by atoms with Crippen LogP contribution in [-0.2, 0) is 16.8 Å². The maximum Gasteiger partial charge on any atom is 1.00 e. The maximum atomic E-state index is 9.58. The molecule has 0 atom stereocenters. The molecule has 0 spiro atoms. The second-order valence-corrected chi connectivity index (χ2v) is 9.53. The second kappa shape index (κ2) is 29.1. The minimum atomic E-state index is -4.67. The fraction of sp³-hybridized carbons (Fsp3) is 0.741. The number of phenols is 1. The molecule has 1 rings (SSSR count). The molecule has 34 heavy (non-hydrogen) atoms. The molecule has 7 heteroatoms. The van der Waals surface area contributed by atoms with Gasteiger partial charge in [0.15, 0.2) is 0 Å². The summed E-state index contributed by atoms with van der Waals surface area (Å²) in [6.07, 6.45) is 24.2. The summed E-state index contributed by atoms with van der Waals surface area (Å²) < 4.78 is 31.6. The van der Waals surface area contributed by atoms with E-state index in [9.17, 15) is 5.11 Å². The number of unbranched alkanes of at least 4 members (excludes halogenated alkanes) is 15. The van der Waals surface area contributed by atoms with Gasteiger partial charge in [-0.3, -0.25) is 9.11 Å². The van der Waals surface area contributed by atoms with Gasteiger partial charge in [-0.05, 0) is 24.5 Å². The van der Waals surface area contributed by atoms with Crippen molar-refractivity contribution >= 4 is 10.4 Å². The Bertz CT molecular complexity index is 605. The molecule has 1 aromatic carbocycles. The van der Waals surface area contributed by atoms with Gasteiger partial charge in [-0.2, -0.15) is 14.8 Å². The van der Waals surface area contributed by atoms with Crippen molar-refractivity contribution in [1.82, 2.24) is 0 Å². The molecule has 0 amide bonds. The number of hydrogen-bond acceptors (Lipinski definition) is 3. The number of rotatable bonds is 17. The van der Waals surface area contributed by atoms with Gasteiger partial charge in [0.05, 0.1) is 0 Å². The van der Waals surface area contributed by atoms with Crippen molar-refractivity contribution in [3.05, 3.63) is 36.8 Å². The number of para-hydroxylation sites is 1. The molecule has 0 aliphatic heterocycles. The van der Waals surface area contributed by atoms with Crippen molar-refractivity contribution in [2.24, 2.45) is 0 Å². The summed E-state index contributed by atoms with van der Waals surface area (Å²) >= 11 is 0. The maximum absolute atomic E-state index is 9.58. The van der Waals surface area contributed by atoms with Crippen LogP contribution in [0.2, 0.25) is 0 Å². The number of aromatic hydroxyl groups is 1. The fourth-order valence-corrected chi connectivity index (χ4v) is 3.48. The molecule has 0 saturated heterocycles. The van der Waals surface area contributed by atoms with E-state index in [-0.39, 0.29) is 29.6 Å². The third kappa shape index (κ3) is 36.5. The third-order valence-electron chi connectivity index (χ3n) is 5.39. The van der Waals surface area contributed by atoms with Gasteiger partial charge in [0.1, 0.15) is 5.75 Å². The first-order valence-corrected chi connectivity index (χ1v) is 14.4. The van der Waals surface area contributed by atoms with Crippen LogP contribution in [0.5, 0.6) is 5.75 Å². The Labute approximate surface area is 233 Å². The van der Waals surface area contributed by atoms with Gasteiger partial charge in [0.25, 0.3) is 0 Å². The number of aryl methyl sites for hydroxylation is 1. The molecule has 0 aliphatic carbocycles. The Kier molecular flexibility index (Phi) is 32.9. The van der Waals surface area contributed by atoms with E-state index in [2.05, 4.69) is 20.8 Å². The van der Waals surface area contributed by atoms with E-state index in [0.717, 1.165) is 18.4 Å². The Balaban J connectivity index is -0.000000473. The number of hydrogen-bond donors (Lipinski definition) is 3. The fourth-order valence-electron chi connectivity index (χ4n) is 3.48. The smallest absolute Gasteiger partial charge is 0.508 e. The zero-order chi connectivity index (χ0) is 25.2. The Morgan fingerprint density at radius 2 is 1.03 bits per heavy atom. The summed E-state index contributed by atoms with van der Waals surface area (Å²) in [4.78, 5) is 0. The molecule has 0 bridgehead atoms. The summed E-state index contributed by atoms with van der Waals surface area (Å²) in [6, 6.07) is 7.67. The van der Waals surface area contributed by atoms with E-state index in [1.54, 1.807) is 6.07 Å². The zero-order valence-electron chi connectivity index (χ0n) is 22.3. The SMILES string of the molecule is CCCCCCCCCc1ccccc1O.O=S(=O)(O)O.[CH2-]CCCCCCCCCCC.[Na+]. The molecular weight excluding hydrogens is 459 g/mol. The Hall–Kier alpha value is -0.110. The monoisotopic (exact) mass is 510 g/mol. The first-order valence-electron chi connectivity index (χ1n) is 13.0. The van der Waals surface area contributed by atoms with Crippen LogP contribution in [-0.4, -0.2) is 22.6 Å². The van der Waals surface area contributed by atoms with E-state index in [1.807, 2.05) is 18.2 Å². The van der Waals surface area contributed by atoms with Gasteiger partial charge in [-0.25, -0.2) is 0 Å². The quantitative estimate of drug-likeness (QED) is 0.107. The molecular formula is C27H51NaO5S. The Morgan fingerprint density at radius 3 is 1.41 bits per heavy atom. The van der Waals surface area contributed by atoms with E-state index in [1.165, 1.54) is 103 Å². The summed E-state index contributed by atoms with van der Waals surface area (Å²) in [6.45, 7) is 8.36. The molecule has 0 aliphatic rings. The van der Waals surface area contributed by atoms with Crippen LogP contribution in [0.3, 0.4) is 0 Å². The molecule has 0 fully saturated rings. The van der Waals surface area contributed by atoms with Crippen molar-refractivity contribution in [3.8, 4) is 5.75 Å². The van der Waals surface area contributed by atoms with Crippen molar-refractivity contribution in [2.75, 3.05) is 0 Å². The van der Waals surface area contributed by atoms with Crippen molar-refractivity contribution in [1.29, 1.82) is 0 Å². The second-order valence-electron chi connectivity index (χ2n) is 8.63. The van der Waals surface area contributed by atoms with Gasteiger partial charge < -0.3 is 12.0 Å². The predicted molar refractivity (Wildman–Crippen MR) is 141 cm³/mol. The zero-order valence-corrected chi connectivity index (χ0v) is 25.1. The summed E-state index contributed by atoms with van der Waals surface area (Å²) in [5.74, 6) is 0.452. The average molecular weight is 511 g/mol. The van der Waals surface area contributed by atoms with Crippen molar-refractivity contribution in [3.63, 3.8) is 0 Å². The topological polar surface area (TPSA) is 94.8 Å². The first kappa shape index (κ1) is 38.4. The summed E-state index contributed by atoms with van der Waals surface area (Å²) in [5.41, 5.74) is 1.09. The van der Waals surface area contributed by atoms with E-state index < -0.39 is 10.4 Å². The molecule has 0 saturated carbocycles.